The quantitative estimate of drug-likeness (QED) is 0.655. The maximum atomic E-state index is 12.8. The molecule has 0 aliphatic heterocycles. The fourth-order valence-electron chi connectivity index (χ4n) is 2.81. The first-order valence-corrected chi connectivity index (χ1v) is 8.99. The molecule has 1 heterocycles. The molecule has 0 aliphatic rings. The second-order valence-corrected chi connectivity index (χ2v) is 6.98. The fourth-order valence-corrected chi connectivity index (χ4v) is 2.81. The average Bonchev–Trinajstić information content (AvgIpc) is 2.63. The molecular weight excluding hydrogens is 360 g/mol. The van der Waals surface area contributed by atoms with Crippen LogP contribution in [0.5, 0.6) is 17.2 Å². The molecule has 1 atom stereocenters. The first kappa shape index (κ1) is 19.5. The molecule has 0 bridgehead atoms. The minimum atomic E-state index is -1.08. The van der Waals surface area contributed by atoms with Crippen LogP contribution in [0.25, 0.3) is 11.0 Å². The topological polar surface area (TPSA) is 86.0 Å². The Morgan fingerprint density at radius 2 is 1.82 bits per heavy atom. The van der Waals surface area contributed by atoms with Crippen molar-refractivity contribution in [3.8, 4) is 17.2 Å². The van der Waals surface area contributed by atoms with Crippen molar-refractivity contribution in [2.75, 3.05) is 0 Å². The van der Waals surface area contributed by atoms with Crippen molar-refractivity contribution in [3.63, 3.8) is 0 Å². The molecule has 1 unspecified atom stereocenters. The fraction of sp³-hybridized carbons (Fsp3) is 0.273. The number of fused-ring (bicyclic) bond motifs is 1. The van der Waals surface area contributed by atoms with Crippen molar-refractivity contribution in [2.24, 2.45) is 0 Å². The third-order valence-electron chi connectivity index (χ3n) is 4.39. The summed E-state index contributed by atoms with van der Waals surface area (Å²) in [6.45, 7) is 7.49. The van der Waals surface area contributed by atoms with E-state index < -0.39 is 12.1 Å². The highest BCUT2D eigenvalue weighted by molar-refractivity contribution is 5.79. The van der Waals surface area contributed by atoms with Gasteiger partial charge in [-0.2, -0.15) is 0 Å². The van der Waals surface area contributed by atoms with E-state index in [1.807, 2.05) is 25.1 Å². The number of aryl methyl sites for hydroxylation is 1. The molecule has 0 saturated heterocycles. The summed E-state index contributed by atoms with van der Waals surface area (Å²) >= 11 is 0. The second-order valence-electron chi connectivity index (χ2n) is 6.98. The molecule has 6 nitrogen and oxygen atoms in total. The van der Waals surface area contributed by atoms with Crippen LogP contribution in [0, 0.1) is 6.92 Å². The van der Waals surface area contributed by atoms with Gasteiger partial charge < -0.3 is 19.0 Å². The van der Waals surface area contributed by atoms with Crippen LogP contribution in [0.15, 0.2) is 51.9 Å². The zero-order valence-corrected chi connectivity index (χ0v) is 16.2. The number of carbonyl (C=O) groups is 1. The summed E-state index contributed by atoms with van der Waals surface area (Å²) < 4.78 is 16.8. The van der Waals surface area contributed by atoms with Gasteiger partial charge in [0.05, 0.1) is 5.39 Å². The predicted octanol–water partition coefficient (Wildman–Crippen LogP) is 4.87. The summed E-state index contributed by atoms with van der Waals surface area (Å²) in [5, 5.41) is 9.27. The van der Waals surface area contributed by atoms with E-state index in [9.17, 15) is 9.59 Å². The van der Waals surface area contributed by atoms with Gasteiger partial charge in [0.15, 0.2) is 6.10 Å². The van der Waals surface area contributed by atoms with Gasteiger partial charge in [-0.15, -0.1) is 0 Å². The Balaban J connectivity index is 1.97. The molecule has 146 valence electrons. The smallest absolute Gasteiger partial charge is 0.344 e. The van der Waals surface area contributed by atoms with Gasteiger partial charge in [0.25, 0.3) is 0 Å². The lowest BCUT2D eigenvalue weighted by Gasteiger charge is -2.14. The molecule has 1 N–H and O–H groups in total. The third kappa shape index (κ3) is 4.01. The summed E-state index contributed by atoms with van der Waals surface area (Å²) in [6.07, 6.45) is 0.254. The Hall–Kier alpha value is -3.28. The number of hydrogen-bond acceptors (Lipinski definition) is 5. The summed E-state index contributed by atoms with van der Waals surface area (Å²) in [5.41, 5.74) is 2.01. The molecule has 0 aliphatic carbocycles. The van der Waals surface area contributed by atoms with Crippen LogP contribution in [-0.4, -0.2) is 17.2 Å². The van der Waals surface area contributed by atoms with Gasteiger partial charge in [0, 0.05) is 6.07 Å². The molecule has 2 aromatic carbocycles. The molecule has 6 heteroatoms. The highest BCUT2D eigenvalue weighted by Gasteiger charge is 2.16. The largest absolute Gasteiger partial charge is 0.479 e. The van der Waals surface area contributed by atoms with Gasteiger partial charge in [-0.05, 0) is 49.1 Å². The number of carboxylic acid groups (broad SMARTS) is 1. The molecular formula is C22H22O6. The van der Waals surface area contributed by atoms with E-state index >= 15 is 0 Å². The number of hydrogen-bond donors (Lipinski definition) is 1. The Labute approximate surface area is 162 Å². The van der Waals surface area contributed by atoms with E-state index in [-0.39, 0.29) is 17.1 Å². The summed E-state index contributed by atoms with van der Waals surface area (Å²) in [6, 6.07) is 10.5. The second kappa shape index (κ2) is 7.76. The van der Waals surface area contributed by atoms with E-state index in [2.05, 4.69) is 13.8 Å². The summed E-state index contributed by atoms with van der Waals surface area (Å²) in [4.78, 5) is 23.7. The molecule has 1 aromatic heterocycles. The average molecular weight is 382 g/mol. The van der Waals surface area contributed by atoms with Gasteiger partial charge in [0.2, 0.25) is 11.2 Å². The third-order valence-corrected chi connectivity index (χ3v) is 4.39. The maximum absolute atomic E-state index is 12.8. The van der Waals surface area contributed by atoms with Crippen molar-refractivity contribution in [1.29, 1.82) is 0 Å². The minimum absolute atomic E-state index is 0.0903. The highest BCUT2D eigenvalue weighted by atomic mass is 16.5. The van der Waals surface area contributed by atoms with Crippen molar-refractivity contribution in [2.45, 2.75) is 39.7 Å². The lowest BCUT2D eigenvalue weighted by molar-refractivity contribution is -0.144. The number of rotatable bonds is 6. The maximum Gasteiger partial charge on any atom is 0.344 e. The summed E-state index contributed by atoms with van der Waals surface area (Å²) in [7, 11) is 0. The molecule has 0 spiro atoms. The molecule has 0 fully saturated rings. The van der Waals surface area contributed by atoms with E-state index in [1.54, 1.807) is 0 Å². The van der Waals surface area contributed by atoms with Crippen LogP contribution in [0.2, 0.25) is 0 Å². The molecule has 0 amide bonds. The number of benzene rings is 2. The molecule has 0 saturated carbocycles. The Kier molecular flexibility index (Phi) is 5.40. The van der Waals surface area contributed by atoms with Crippen LogP contribution in [0.3, 0.4) is 0 Å². The minimum Gasteiger partial charge on any atom is -0.479 e. The van der Waals surface area contributed by atoms with Crippen molar-refractivity contribution >= 4 is 16.9 Å². The van der Waals surface area contributed by atoms with Crippen LogP contribution in [0.4, 0.5) is 0 Å². The molecule has 3 rings (SSSR count). The van der Waals surface area contributed by atoms with E-state index in [0.717, 1.165) is 11.1 Å². The number of aliphatic carboxylic acids is 1. The monoisotopic (exact) mass is 382 g/mol. The Morgan fingerprint density at radius 1 is 1.07 bits per heavy atom. The van der Waals surface area contributed by atoms with E-state index in [0.29, 0.717) is 22.5 Å². The zero-order valence-electron chi connectivity index (χ0n) is 16.2. The lowest BCUT2D eigenvalue weighted by Crippen LogP contribution is -2.22. The normalized spacial score (nSPS) is 12.2. The first-order valence-electron chi connectivity index (χ1n) is 8.99. The van der Waals surface area contributed by atoms with Crippen LogP contribution >= 0.6 is 0 Å². The van der Waals surface area contributed by atoms with Crippen LogP contribution < -0.4 is 14.9 Å². The molecule has 28 heavy (non-hydrogen) atoms. The van der Waals surface area contributed by atoms with Gasteiger partial charge in [-0.25, -0.2) is 4.79 Å². The van der Waals surface area contributed by atoms with Crippen molar-refractivity contribution in [1.82, 2.24) is 0 Å². The molecule has 3 aromatic rings. The van der Waals surface area contributed by atoms with Gasteiger partial charge in [-0.3, -0.25) is 4.79 Å². The van der Waals surface area contributed by atoms with Crippen LogP contribution in [-0.2, 0) is 4.79 Å². The summed E-state index contributed by atoms with van der Waals surface area (Å²) in [5.74, 6) is 0.174. The predicted molar refractivity (Wildman–Crippen MR) is 106 cm³/mol. The van der Waals surface area contributed by atoms with Crippen molar-refractivity contribution < 1.29 is 23.8 Å². The number of carboxylic acids is 1. The van der Waals surface area contributed by atoms with Gasteiger partial charge in [0.1, 0.15) is 23.3 Å². The van der Waals surface area contributed by atoms with Gasteiger partial charge >= 0.3 is 5.97 Å². The first-order chi connectivity index (χ1) is 13.3. The van der Waals surface area contributed by atoms with Crippen molar-refractivity contribution in [3.05, 3.63) is 64.0 Å². The number of ether oxygens (including phenoxy) is 2. The van der Waals surface area contributed by atoms with E-state index in [4.69, 9.17) is 19.0 Å². The standard InChI is InChI=1S/C22H22O6/c1-12(2)16-7-5-13(3)9-19(16)28-20-11-26-18-10-15(27-14(4)22(24)25)6-8-17(18)21(20)23/h5-12,14H,1-4H3,(H,24,25). The van der Waals surface area contributed by atoms with Crippen LogP contribution in [0.1, 0.15) is 37.8 Å². The lowest BCUT2D eigenvalue weighted by atomic mass is 10.0. The SMILES string of the molecule is Cc1ccc(C(C)C)c(Oc2coc3cc(OC(C)C(=O)O)ccc3c2=O)c1. The molecule has 0 radical (unpaired) electrons. The highest BCUT2D eigenvalue weighted by Crippen LogP contribution is 2.31. The Morgan fingerprint density at radius 3 is 2.50 bits per heavy atom. The van der Waals surface area contributed by atoms with E-state index in [1.165, 1.54) is 31.4 Å². The Bertz CT molecular complexity index is 1080. The zero-order chi connectivity index (χ0) is 20.4. The van der Waals surface area contributed by atoms with Gasteiger partial charge in [-0.1, -0.05) is 26.0 Å².